The minimum absolute atomic E-state index is 0.0616. The number of methoxy groups -OCH3 is 1. The predicted molar refractivity (Wildman–Crippen MR) is 93.1 cm³/mol. The van der Waals surface area contributed by atoms with Crippen LogP contribution in [0, 0.1) is 11.3 Å². The second-order valence-corrected chi connectivity index (χ2v) is 7.12. The molecule has 0 aromatic rings. The zero-order chi connectivity index (χ0) is 18.9. The van der Waals surface area contributed by atoms with Gasteiger partial charge in [-0.2, -0.15) is 0 Å². The fourth-order valence-corrected chi connectivity index (χ4v) is 3.43. The van der Waals surface area contributed by atoms with E-state index < -0.39 is 0 Å². The number of likely N-dealkylation sites (tertiary alicyclic amines) is 2. The summed E-state index contributed by atoms with van der Waals surface area (Å²) in [5.74, 6) is 0.708. The molecule has 2 fully saturated rings. The largest absolute Gasteiger partial charge is 0.483 e. The van der Waals surface area contributed by atoms with Gasteiger partial charge >= 0.3 is 0 Å². The van der Waals surface area contributed by atoms with E-state index in [0.717, 1.165) is 52.0 Å². The second kappa shape index (κ2) is 10.4. The van der Waals surface area contributed by atoms with Gasteiger partial charge in [-0.3, -0.25) is 14.4 Å². The fraction of sp³-hybridized carbons (Fsp3) is 0.824. The van der Waals surface area contributed by atoms with Gasteiger partial charge in [0.05, 0.1) is 5.41 Å². The van der Waals surface area contributed by atoms with E-state index in [1.165, 1.54) is 0 Å². The van der Waals surface area contributed by atoms with Gasteiger partial charge in [0.2, 0.25) is 11.8 Å². The van der Waals surface area contributed by atoms with Crippen LogP contribution in [0.3, 0.4) is 0 Å². The summed E-state index contributed by atoms with van der Waals surface area (Å²) in [5.41, 5.74) is -0.246. The first-order chi connectivity index (χ1) is 11.9. The number of hydrogen-bond acceptors (Lipinski definition) is 5. The predicted octanol–water partition coefficient (Wildman–Crippen LogP) is 0.0302. The van der Waals surface area contributed by atoms with Crippen LogP contribution >= 0.6 is 0 Å². The third-order valence-corrected chi connectivity index (χ3v) is 5.00. The number of ether oxygens (including phenoxy) is 1. The molecular formula is C17H31N3O5. The van der Waals surface area contributed by atoms with Crippen molar-refractivity contribution in [2.75, 3.05) is 53.5 Å². The van der Waals surface area contributed by atoms with Crippen LogP contribution < -0.4 is 5.32 Å². The van der Waals surface area contributed by atoms with Crippen molar-refractivity contribution in [2.45, 2.75) is 26.2 Å². The zero-order valence-electron chi connectivity index (χ0n) is 15.5. The van der Waals surface area contributed by atoms with Crippen molar-refractivity contribution in [3.8, 4) is 0 Å². The normalized spacial score (nSPS) is 24.4. The van der Waals surface area contributed by atoms with Gasteiger partial charge in [-0.15, -0.1) is 0 Å². The molecule has 0 aromatic carbocycles. The molecule has 25 heavy (non-hydrogen) atoms. The molecule has 1 unspecified atom stereocenters. The van der Waals surface area contributed by atoms with Gasteiger partial charge in [-0.25, -0.2) is 0 Å². The lowest BCUT2D eigenvalue weighted by molar-refractivity contribution is -0.137. The maximum atomic E-state index is 12.4. The van der Waals surface area contributed by atoms with Crippen molar-refractivity contribution in [3.63, 3.8) is 0 Å². The average molecular weight is 357 g/mol. The Hall–Kier alpha value is -1.67. The van der Waals surface area contributed by atoms with Crippen molar-refractivity contribution in [2.24, 2.45) is 11.3 Å². The van der Waals surface area contributed by atoms with E-state index in [4.69, 9.17) is 14.6 Å². The van der Waals surface area contributed by atoms with Crippen LogP contribution in [0.15, 0.2) is 0 Å². The van der Waals surface area contributed by atoms with Crippen LogP contribution in [0.5, 0.6) is 0 Å². The Morgan fingerprint density at radius 3 is 2.40 bits per heavy atom. The highest BCUT2D eigenvalue weighted by Crippen LogP contribution is 2.29. The standard InChI is InChI=1S/C16H29N3O3.CH2O2/c1-16(6-9-18(2)12-16)15(21)17-10-13-4-7-19(8-5-13)14(20)11-22-3;2-1-3/h13H,4-12H2,1-3H3,(H,17,21);1H,(H,2,3). The van der Waals surface area contributed by atoms with Gasteiger partial charge in [0, 0.05) is 33.3 Å². The number of nitrogens with one attached hydrogen (secondary N) is 1. The maximum Gasteiger partial charge on any atom is 0.290 e. The molecule has 0 spiro atoms. The molecule has 2 amide bonds. The van der Waals surface area contributed by atoms with Crippen molar-refractivity contribution in [1.29, 1.82) is 0 Å². The number of carboxylic acid groups (broad SMARTS) is 1. The molecule has 0 aliphatic carbocycles. The Kier molecular flexibility index (Phi) is 8.85. The highest BCUT2D eigenvalue weighted by molar-refractivity contribution is 5.82. The molecule has 2 rings (SSSR count). The Bertz CT molecular complexity index is 452. The summed E-state index contributed by atoms with van der Waals surface area (Å²) in [6.07, 6.45) is 2.83. The number of piperidine rings is 1. The van der Waals surface area contributed by atoms with Crippen molar-refractivity contribution in [3.05, 3.63) is 0 Å². The topological polar surface area (TPSA) is 99.2 Å². The van der Waals surface area contributed by atoms with Gasteiger partial charge in [0.1, 0.15) is 6.61 Å². The lowest BCUT2D eigenvalue weighted by Gasteiger charge is -2.32. The highest BCUT2D eigenvalue weighted by Gasteiger charge is 2.39. The Labute approximate surface area is 149 Å². The maximum absolute atomic E-state index is 12.4. The molecule has 0 aromatic heterocycles. The number of amides is 2. The third-order valence-electron chi connectivity index (χ3n) is 5.00. The molecule has 0 bridgehead atoms. The minimum atomic E-state index is -0.250. The molecule has 2 aliphatic heterocycles. The van der Waals surface area contributed by atoms with E-state index in [2.05, 4.69) is 24.2 Å². The molecule has 2 saturated heterocycles. The molecule has 0 radical (unpaired) electrons. The van der Waals surface area contributed by atoms with E-state index in [-0.39, 0.29) is 30.3 Å². The molecule has 2 N–H and O–H groups in total. The van der Waals surface area contributed by atoms with E-state index in [9.17, 15) is 9.59 Å². The van der Waals surface area contributed by atoms with Gasteiger partial charge in [0.15, 0.2) is 0 Å². The average Bonchev–Trinajstić information content (AvgIpc) is 2.94. The lowest BCUT2D eigenvalue weighted by atomic mass is 9.88. The Morgan fingerprint density at radius 1 is 1.32 bits per heavy atom. The van der Waals surface area contributed by atoms with Gasteiger partial charge in [-0.1, -0.05) is 0 Å². The quantitative estimate of drug-likeness (QED) is 0.674. The second-order valence-electron chi connectivity index (χ2n) is 7.12. The molecule has 8 nitrogen and oxygen atoms in total. The molecule has 144 valence electrons. The first kappa shape index (κ1) is 21.4. The summed E-state index contributed by atoms with van der Waals surface area (Å²) in [4.78, 5) is 36.6. The number of carbonyl (C=O) groups is 3. The van der Waals surface area contributed by atoms with Gasteiger partial charge in [0.25, 0.3) is 6.47 Å². The van der Waals surface area contributed by atoms with E-state index in [0.29, 0.717) is 5.92 Å². The van der Waals surface area contributed by atoms with Crippen LogP contribution in [-0.4, -0.2) is 86.7 Å². The van der Waals surface area contributed by atoms with Crippen molar-refractivity contribution >= 4 is 18.3 Å². The van der Waals surface area contributed by atoms with Crippen molar-refractivity contribution in [1.82, 2.24) is 15.1 Å². The number of rotatable bonds is 5. The van der Waals surface area contributed by atoms with E-state index in [1.54, 1.807) is 7.11 Å². The first-order valence-electron chi connectivity index (χ1n) is 8.67. The molecule has 1 atom stereocenters. The summed E-state index contributed by atoms with van der Waals surface area (Å²) in [6.45, 7) is 6.05. The van der Waals surface area contributed by atoms with Crippen LogP contribution in [0.1, 0.15) is 26.2 Å². The summed E-state index contributed by atoms with van der Waals surface area (Å²) in [6, 6.07) is 0. The van der Waals surface area contributed by atoms with Gasteiger partial charge < -0.3 is 25.0 Å². The minimum Gasteiger partial charge on any atom is -0.483 e. The van der Waals surface area contributed by atoms with Gasteiger partial charge in [-0.05, 0) is 45.7 Å². The molecule has 2 aliphatic rings. The SMILES string of the molecule is COCC(=O)N1CCC(CNC(=O)C2(C)CCN(C)C2)CC1.O=CO. The summed E-state index contributed by atoms with van der Waals surface area (Å²) >= 11 is 0. The third kappa shape index (κ3) is 6.62. The van der Waals surface area contributed by atoms with Crippen LogP contribution in [0.25, 0.3) is 0 Å². The van der Waals surface area contributed by atoms with Crippen molar-refractivity contribution < 1.29 is 24.2 Å². The Morgan fingerprint density at radius 2 is 1.92 bits per heavy atom. The monoisotopic (exact) mass is 357 g/mol. The van der Waals surface area contributed by atoms with Crippen LogP contribution in [0.2, 0.25) is 0 Å². The number of carbonyl (C=O) groups excluding carboxylic acids is 2. The number of nitrogens with zero attached hydrogens (tertiary/aromatic N) is 2. The molecular weight excluding hydrogens is 326 g/mol. The number of hydrogen-bond donors (Lipinski definition) is 2. The lowest BCUT2D eigenvalue weighted by Crippen LogP contribution is -2.45. The van der Waals surface area contributed by atoms with E-state index >= 15 is 0 Å². The van der Waals surface area contributed by atoms with Crippen LogP contribution in [0.4, 0.5) is 0 Å². The smallest absolute Gasteiger partial charge is 0.290 e. The summed E-state index contributed by atoms with van der Waals surface area (Å²) in [7, 11) is 3.60. The molecule has 0 saturated carbocycles. The van der Waals surface area contributed by atoms with E-state index in [1.807, 2.05) is 4.90 Å². The molecule has 8 heteroatoms. The summed E-state index contributed by atoms with van der Waals surface area (Å²) in [5, 5.41) is 10.0. The highest BCUT2D eigenvalue weighted by atomic mass is 16.5. The Balaban J connectivity index is 0.000000970. The first-order valence-corrected chi connectivity index (χ1v) is 8.67. The zero-order valence-corrected chi connectivity index (χ0v) is 15.5. The molecule has 2 heterocycles. The summed E-state index contributed by atoms with van der Waals surface area (Å²) < 4.78 is 4.89. The fourth-order valence-electron chi connectivity index (χ4n) is 3.43. The van der Waals surface area contributed by atoms with Crippen LogP contribution in [-0.2, 0) is 19.1 Å².